The Morgan fingerprint density at radius 1 is 1.56 bits per heavy atom. The average Bonchev–Trinajstić information content (AvgIpc) is 2.72. The number of carbonyl (C=O) groups excluding carboxylic acids is 1. The lowest BCUT2D eigenvalue weighted by Gasteiger charge is -2.10. The van der Waals surface area contributed by atoms with Crippen molar-refractivity contribution in [3.63, 3.8) is 0 Å². The lowest BCUT2D eigenvalue weighted by Crippen LogP contribution is -2.40. The molecular formula is C10H18N2O4. The van der Waals surface area contributed by atoms with Crippen LogP contribution in [0.1, 0.15) is 19.3 Å². The predicted molar refractivity (Wildman–Crippen MR) is 57.1 cm³/mol. The molecule has 0 radical (unpaired) electrons. The molecule has 0 saturated carbocycles. The van der Waals surface area contributed by atoms with Crippen molar-refractivity contribution >= 4 is 11.9 Å². The predicted octanol–water partition coefficient (Wildman–Crippen LogP) is -0.656. The second kappa shape index (κ2) is 6.44. The Morgan fingerprint density at radius 3 is 2.88 bits per heavy atom. The average molecular weight is 230 g/mol. The fourth-order valence-electron chi connectivity index (χ4n) is 1.66. The first kappa shape index (κ1) is 12.9. The number of hydrogen-bond acceptors (Lipinski definition) is 4. The molecule has 1 amide bonds. The molecule has 1 aliphatic heterocycles. The van der Waals surface area contributed by atoms with Crippen LogP contribution in [0.25, 0.3) is 0 Å². The SMILES string of the molecule is COC1CNC(C(=O)NCCCC(=O)O)C1. The number of carboxylic acid groups (broad SMARTS) is 1. The van der Waals surface area contributed by atoms with E-state index in [1.54, 1.807) is 7.11 Å². The third-order valence-electron chi connectivity index (χ3n) is 2.61. The molecule has 0 aromatic carbocycles. The van der Waals surface area contributed by atoms with Crippen LogP contribution in [-0.4, -0.2) is 49.3 Å². The Bertz CT molecular complexity index is 257. The van der Waals surface area contributed by atoms with Crippen LogP contribution in [0.15, 0.2) is 0 Å². The molecule has 16 heavy (non-hydrogen) atoms. The second-order valence-electron chi connectivity index (χ2n) is 3.84. The van der Waals surface area contributed by atoms with E-state index in [1.165, 1.54) is 0 Å². The molecule has 0 bridgehead atoms. The molecule has 1 heterocycles. The first-order valence-corrected chi connectivity index (χ1v) is 5.39. The number of methoxy groups -OCH3 is 1. The van der Waals surface area contributed by atoms with E-state index < -0.39 is 5.97 Å². The highest BCUT2D eigenvalue weighted by Gasteiger charge is 2.28. The summed E-state index contributed by atoms with van der Waals surface area (Å²) in [7, 11) is 1.62. The van der Waals surface area contributed by atoms with E-state index >= 15 is 0 Å². The molecule has 2 unspecified atom stereocenters. The van der Waals surface area contributed by atoms with Crippen molar-refractivity contribution in [1.29, 1.82) is 0 Å². The normalized spacial score (nSPS) is 24.3. The van der Waals surface area contributed by atoms with Gasteiger partial charge in [-0.15, -0.1) is 0 Å². The Hall–Kier alpha value is -1.14. The molecule has 0 aliphatic carbocycles. The van der Waals surface area contributed by atoms with Gasteiger partial charge in [0.25, 0.3) is 0 Å². The number of nitrogens with one attached hydrogen (secondary N) is 2. The Morgan fingerprint density at radius 2 is 2.31 bits per heavy atom. The summed E-state index contributed by atoms with van der Waals surface area (Å²) in [5.41, 5.74) is 0. The van der Waals surface area contributed by atoms with Gasteiger partial charge in [0.05, 0.1) is 12.1 Å². The Labute approximate surface area is 94.3 Å². The van der Waals surface area contributed by atoms with Crippen molar-refractivity contribution < 1.29 is 19.4 Å². The zero-order valence-electron chi connectivity index (χ0n) is 9.36. The van der Waals surface area contributed by atoms with Crippen LogP contribution in [0, 0.1) is 0 Å². The number of carboxylic acids is 1. The van der Waals surface area contributed by atoms with Gasteiger partial charge in [0.2, 0.25) is 5.91 Å². The van der Waals surface area contributed by atoms with Gasteiger partial charge in [0, 0.05) is 26.6 Å². The van der Waals surface area contributed by atoms with Crippen molar-refractivity contribution in [1.82, 2.24) is 10.6 Å². The third kappa shape index (κ3) is 4.16. The van der Waals surface area contributed by atoms with Gasteiger partial charge in [-0.1, -0.05) is 0 Å². The highest BCUT2D eigenvalue weighted by Crippen LogP contribution is 2.09. The molecule has 3 N–H and O–H groups in total. The van der Waals surface area contributed by atoms with Crippen LogP contribution >= 0.6 is 0 Å². The van der Waals surface area contributed by atoms with Crippen LogP contribution in [0.4, 0.5) is 0 Å². The second-order valence-corrected chi connectivity index (χ2v) is 3.84. The summed E-state index contributed by atoms with van der Waals surface area (Å²) in [6.45, 7) is 1.09. The molecule has 0 aromatic rings. The van der Waals surface area contributed by atoms with Gasteiger partial charge >= 0.3 is 5.97 Å². The number of amides is 1. The van der Waals surface area contributed by atoms with Gasteiger partial charge in [-0.2, -0.15) is 0 Å². The van der Waals surface area contributed by atoms with Gasteiger partial charge in [-0.25, -0.2) is 0 Å². The number of hydrogen-bond donors (Lipinski definition) is 3. The van der Waals surface area contributed by atoms with Crippen molar-refractivity contribution in [2.75, 3.05) is 20.2 Å². The lowest BCUT2D eigenvalue weighted by molar-refractivity contribution is -0.137. The first-order valence-electron chi connectivity index (χ1n) is 5.39. The summed E-state index contributed by atoms with van der Waals surface area (Å²) in [6.07, 6.45) is 1.30. The summed E-state index contributed by atoms with van der Waals surface area (Å²) >= 11 is 0. The number of carbonyl (C=O) groups is 2. The lowest BCUT2D eigenvalue weighted by atomic mass is 10.2. The van der Waals surface area contributed by atoms with E-state index in [0.29, 0.717) is 25.9 Å². The highest BCUT2D eigenvalue weighted by atomic mass is 16.5. The maximum atomic E-state index is 11.6. The summed E-state index contributed by atoms with van der Waals surface area (Å²) < 4.78 is 5.13. The Balaban J connectivity index is 2.13. The van der Waals surface area contributed by atoms with Gasteiger partial charge in [0.15, 0.2) is 0 Å². The van der Waals surface area contributed by atoms with Gasteiger partial charge in [-0.3, -0.25) is 9.59 Å². The molecule has 2 atom stereocenters. The summed E-state index contributed by atoms with van der Waals surface area (Å²) in [4.78, 5) is 21.8. The first-order chi connectivity index (χ1) is 7.63. The molecule has 0 spiro atoms. The van der Waals surface area contributed by atoms with Gasteiger partial charge in [-0.05, 0) is 12.8 Å². The van der Waals surface area contributed by atoms with Crippen molar-refractivity contribution in [2.45, 2.75) is 31.4 Å². The maximum Gasteiger partial charge on any atom is 0.303 e. The van der Waals surface area contributed by atoms with Crippen molar-refractivity contribution in [3.8, 4) is 0 Å². The molecule has 1 rings (SSSR count). The number of ether oxygens (including phenoxy) is 1. The fraction of sp³-hybridized carbons (Fsp3) is 0.800. The van der Waals surface area contributed by atoms with Crippen molar-refractivity contribution in [3.05, 3.63) is 0 Å². The maximum absolute atomic E-state index is 11.6. The zero-order valence-corrected chi connectivity index (χ0v) is 9.36. The minimum atomic E-state index is -0.840. The molecule has 1 aliphatic rings. The molecule has 6 nitrogen and oxygen atoms in total. The number of aliphatic carboxylic acids is 1. The van der Waals surface area contributed by atoms with E-state index in [0.717, 1.165) is 0 Å². The van der Waals surface area contributed by atoms with Gasteiger partial charge < -0.3 is 20.5 Å². The van der Waals surface area contributed by atoms with E-state index in [9.17, 15) is 9.59 Å². The Kier molecular flexibility index (Phi) is 5.21. The summed E-state index contributed by atoms with van der Waals surface area (Å²) in [5, 5.41) is 14.2. The molecule has 0 aromatic heterocycles. The van der Waals surface area contributed by atoms with Crippen LogP contribution < -0.4 is 10.6 Å². The van der Waals surface area contributed by atoms with Crippen LogP contribution in [-0.2, 0) is 14.3 Å². The standard InChI is InChI=1S/C10H18N2O4/c1-16-7-5-8(12-6-7)10(15)11-4-2-3-9(13)14/h7-8,12H,2-6H2,1H3,(H,11,15)(H,13,14). The zero-order chi connectivity index (χ0) is 12.0. The van der Waals surface area contributed by atoms with Crippen LogP contribution in [0.5, 0.6) is 0 Å². The number of rotatable bonds is 6. The monoisotopic (exact) mass is 230 g/mol. The van der Waals surface area contributed by atoms with Crippen molar-refractivity contribution in [2.24, 2.45) is 0 Å². The molecule has 1 saturated heterocycles. The fourth-order valence-corrected chi connectivity index (χ4v) is 1.66. The minimum absolute atomic E-state index is 0.0788. The largest absolute Gasteiger partial charge is 0.481 e. The van der Waals surface area contributed by atoms with E-state index in [1.807, 2.05) is 0 Å². The highest BCUT2D eigenvalue weighted by molar-refractivity contribution is 5.82. The quantitative estimate of drug-likeness (QED) is 0.527. The smallest absolute Gasteiger partial charge is 0.303 e. The minimum Gasteiger partial charge on any atom is -0.481 e. The topological polar surface area (TPSA) is 87.7 Å². The summed E-state index contributed by atoms with van der Waals surface area (Å²) in [5.74, 6) is -0.919. The van der Waals surface area contributed by atoms with Crippen LogP contribution in [0.2, 0.25) is 0 Å². The summed E-state index contributed by atoms with van der Waals surface area (Å²) in [6, 6.07) is -0.213. The van der Waals surface area contributed by atoms with Crippen LogP contribution in [0.3, 0.4) is 0 Å². The molecule has 6 heteroatoms. The molecular weight excluding hydrogens is 212 g/mol. The molecule has 1 fully saturated rings. The van der Waals surface area contributed by atoms with E-state index in [2.05, 4.69) is 10.6 Å². The van der Waals surface area contributed by atoms with Gasteiger partial charge in [0.1, 0.15) is 0 Å². The third-order valence-corrected chi connectivity index (χ3v) is 2.61. The van der Waals surface area contributed by atoms with E-state index in [-0.39, 0.29) is 24.5 Å². The van der Waals surface area contributed by atoms with E-state index in [4.69, 9.17) is 9.84 Å². The molecule has 92 valence electrons.